The molecule has 6 heteroatoms. The molecular weight excluding hydrogens is 341 g/mol. The standard InChI is InChI=1S/C19H20FNO3S/c1-13-3-9-17(10-4-13)25-12-11-18(22)24-14(2)19(23)21-16-7-5-15(20)6-8-16/h3-10,14H,11-12H2,1-2H3,(H,21,23)/t14-/m1/s1. The third kappa shape index (κ3) is 6.58. The smallest absolute Gasteiger partial charge is 0.307 e. The predicted molar refractivity (Wildman–Crippen MR) is 97.1 cm³/mol. The Bertz CT molecular complexity index is 716. The molecule has 25 heavy (non-hydrogen) atoms. The molecule has 1 atom stereocenters. The average Bonchev–Trinajstić information content (AvgIpc) is 2.58. The van der Waals surface area contributed by atoms with E-state index in [0.29, 0.717) is 11.4 Å². The lowest BCUT2D eigenvalue weighted by Gasteiger charge is -2.13. The number of halogens is 1. The van der Waals surface area contributed by atoms with Crippen LogP contribution >= 0.6 is 11.8 Å². The van der Waals surface area contributed by atoms with Gasteiger partial charge >= 0.3 is 5.97 Å². The number of esters is 1. The maximum atomic E-state index is 12.8. The van der Waals surface area contributed by atoms with Gasteiger partial charge in [-0.15, -0.1) is 11.8 Å². The number of benzene rings is 2. The summed E-state index contributed by atoms with van der Waals surface area (Å²) in [6, 6.07) is 13.4. The third-order valence-electron chi connectivity index (χ3n) is 3.39. The van der Waals surface area contributed by atoms with Crippen molar-refractivity contribution in [1.29, 1.82) is 0 Å². The van der Waals surface area contributed by atoms with Crippen molar-refractivity contribution in [2.75, 3.05) is 11.1 Å². The van der Waals surface area contributed by atoms with Gasteiger partial charge in [-0.05, 0) is 50.2 Å². The first-order valence-corrected chi connectivity index (χ1v) is 8.88. The van der Waals surface area contributed by atoms with Crippen LogP contribution in [0.1, 0.15) is 18.9 Å². The number of hydrogen-bond acceptors (Lipinski definition) is 4. The molecule has 0 saturated heterocycles. The van der Waals surface area contributed by atoms with E-state index in [4.69, 9.17) is 4.74 Å². The SMILES string of the molecule is Cc1ccc(SCCC(=O)O[C@H](C)C(=O)Nc2ccc(F)cc2)cc1. The lowest BCUT2D eigenvalue weighted by Crippen LogP contribution is -2.30. The van der Waals surface area contributed by atoms with Crippen molar-refractivity contribution in [3.63, 3.8) is 0 Å². The lowest BCUT2D eigenvalue weighted by atomic mass is 10.2. The van der Waals surface area contributed by atoms with Gasteiger partial charge in [0, 0.05) is 16.3 Å². The molecule has 0 bridgehead atoms. The summed E-state index contributed by atoms with van der Waals surface area (Å²) in [5.74, 6) is -0.690. The van der Waals surface area contributed by atoms with Crippen LogP contribution in [-0.4, -0.2) is 23.7 Å². The molecule has 2 aromatic carbocycles. The van der Waals surface area contributed by atoms with E-state index in [0.717, 1.165) is 4.90 Å². The molecule has 1 amide bonds. The zero-order valence-electron chi connectivity index (χ0n) is 14.1. The fourth-order valence-electron chi connectivity index (χ4n) is 1.97. The van der Waals surface area contributed by atoms with Crippen LogP contribution in [0, 0.1) is 12.7 Å². The van der Waals surface area contributed by atoms with E-state index in [1.54, 1.807) is 11.8 Å². The fourth-order valence-corrected chi connectivity index (χ4v) is 2.81. The number of hydrogen-bond donors (Lipinski definition) is 1. The van der Waals surface area contributed by atoms with Crippen LogP contribution in [0.3, 0.4) is 0 Å². The summed E-state index contributed by atoms with van der Waals surface area (Å²) < 4.78 is 18.0. The highest BCUT2D eigenvalue weighted by Crippen LogP contribution is 2.19. The van der Waals surface area contributed by atoms with Crippen molar-refractivity contribution >= 4 is 29.3 Å². The summed E-state index contributed by atoms with van der Waals surface area (Å²) in [5.41, 5.74) is 1.63. The van der Waals surface area contributed by atoms with Gasteiger partial charge < -0.3 is 10.1 Å². The van der Waals surface area contributed by atoms with Gasteiger partial charge in [0.2, 0.25) is 0 Å². The topological polar surface area (TPSA) is 55.4 Å². The van der Waals surface area contributed by atoms with E-state index >= 15 is 0 Å². The minimum absolute atomic E-state index is 0.215. The van der Waals surface area contributed by atoms with Gasteiger partial charge in [-0.2, -0.15) is 0 Å². The second-order valence-electron chi connectivity index (χ2n) is 5.54. The Balaban J connectivity index is 1.72. The molecule has 0 heterocycles. The van der Waals surface area contributed by atoms with E-state index in [-0.39, 0.29) is 12.2 Å². The number of nitrogens with one attached hydrogen (secondary N) is 1. The Morgan fingerprint density at radius 1 is 1.12 bits per heavy atom. The van der Waals surface area contributed by atoms with E-state index in [1.165, 1.54) is 36.8 Å². The van der Waals surface area contributed by atoms with Crippen LogP contribution in [0.25, 0.3) is 0 Å². The van der Waals surface area contributed by atoms with Crippen molar-refractivity contribution in [3.05, 3.63) is 59.9 Å². The molecule has 4 nitrogen and oxygen atoms in total. The molecule has 132 valence electrons. The van der Waals surface area contributed by atoms with E-state index in [1.807, 2.05) is 31.2 Å². The third-order valence-corrected chi connectivity index (χ3v) is 4.40. The highest BCUT2D eigenvalue weighted by atomic mass is 32.2. The van der Waals surface area contributed by atoms with E-state index in [9.17, 15) is 14.0 Å². The number of ether oxygens (including phenoxy) is 1. The molecule has 0 aliphatic heterocycles. The average molecular weight is 361 g/mol. The fraction of sp³-hybridized carbons (Fsp3) is 0.263. The summed E-state index contributed by atoms with van der Waals surface area (Å²) in [6.45, 7) is 3.52. The zero-order chi connectivity index (χ0) is 18.2. The van der Waals surface area contributed by atoms with Gasteiger partial charge in [-0.1, -0.05) is 17.7 Å². The second-order valence-corrected chi connectivity index (χ2v) is 6.71. The Morgan fingerprint density at radius 2 is 1.76 bits per heavy atom. The molecule has 0 aromatic heterocycles. The molecule has 0 fully saturated rings. The predicted octanol–water partition coefficient (Wildman–Crippen LogP) is 4.19. The Morgan fingerprint density at radius 3 is 2.40 bits per heavy atom. The largest absolute Gasteiger partial charge is 0.453 e. The van der Waals surface area contributed by atoms with Crippen molar-refractivity contribution in [3.8, 4) is 0 Å². The number of thioether (sulfide) groups is 1. The number of anilines is 1. The van der Waals surface area contributed by atoms with Crippen molar-refractivity contribution in [1.82, 2.24) is 0 Å². The first-order chi connectivity index (χ1) is 11.9. The number of carbonyl (C=O) groups excluding carboxylic acids is 2. The molecule has 0 spiro atoms. The minimum atomic E-state index is -0.915. The van der Waals surface area contributed by atoms with Crippen LogP contribution < -0.4 is 5.32 Å². The second kappa shape index (κ2) is 9.22. The molecular formula is C19H20FNO3S. The van der Waals surface area contributed by atoms with Gasteiger partial charge in [0.25, 0.3) is 5.91 Å². The summed E-state index contributed by atoms with van der Waals surface area (Å²) in [4.78, 5) is 24.9. The van der Waals surface area contributed by atoms with Crippen molar-refractivity contribution < 1.29 is 18.7 Å². The number of aryl methyl sites for hydroxylation is 1. The van der Waals surface area contributed by atoms with Gasteiger partial charge in [0.05, 0.1) is 6.42 Å². The summed E-state index contributed by atoms with van der Waals surface area (Å²) >= 11 is 1.56. The van der Waals surface area contributed by atoms with Crippen LogP contribution in [-0.2, 0) is 14.3 Å². The number of amides is 1. The highest BCUT2D eigenvalue weighted by molar-refractivity contribution is 7.99. The van der Waals surface area contributed by atoms with Crippen molar-refractivity contribution in [2.24, 2.45) is 0 Å². The van der Waals surface area contributed by atoms with Crippen LogP contribution in [0.5, 0.6) is 0 Å². The van der Waals surface area contributed by atoms with Crippen LogP contribution in [0.15, 0.2) is 53.4 Å². The van der Waals surface area contributed by atoms with Gasteiger partial charge in [0.1, 0.15) is 5.82 Å². The van der Waals surface area contributed by atoms with E-state index in [2.05, 4.69) is 5.32 Å². The molecule has 0 aliphatic carbocycles. The minimum Gasteiger partial charge on any atom is -0.453 e. The first kappa shape index (κ1) is 19.0. The monoisotopic (exact) mass is 361 g/mol. The number of rotatable bonds is 7. The summed E-state index contributed by atoms with van der Waals surface area (Å²) in [7, 11) is 0. The summed E-state index contributed by atoms with van der Waals surface area (Å²) in [6.07, 6.45) is -0.700. The highest BCUT2D eigenvalue weighted by Gasteiger charge is 2.17. The normalized spacial score (nSPS) is 11.6. The Labute approximate surface area is 150 Å². The van der Waals surface area contributed by atoms with Gasteiger partial charge in [-0.25, -0.2) is 4.39 Å². The molecule has 2 rings (SSSR count). The quantitative estimate of drug-likeness (QED) is 0.594. The van der Waals surface area contributed by atoms with Crippen LogP contribution in [0.4, 0.5) is 10.1 Å². The maximum Gasteiger partial charge on any atom is 0.307 e. The number of carbonyl (C=O) groups is 2. The van der Waals surface area contributed by atoms with Crippen molar-refractivity contribution in [2.45, 2.75) is 31.3 Å². The van der Waals surface area contributed by atoms with Crippen LogP contribution in [0.2, 0.25) is 0 Å². The van der Waals surface area contributed by atoms with Gasteiger partial charge in [-0.3, -0.25) is 9.59 Å². The molecule has 0 saturated carbocycles. The van der Waals surface area contributed by atoms with E-state index < -0.39 is 18.0 Å². The molecule has 2 aromatic rings. The Kier molecular flexibility index (Phi) is 7.01. The molecule has 0 radical (unpaired) electrons. The molecule has 1 N–H and O–H groups in total. The maximum absolute atomic E-state index is 12.8. The molecule has 0 unspecified atom stereocenters. The Hall–Kier alpha value is -2.34. The van der Waals surface area contributed by atoms with Gasteiger partial charge in [0.15, 0.2) is 6.10 Å². The first-order valence-electron chi connectivity index (χ1n) is 7.89. The summed E-state index contributed by atoms with van der Waals surface area (Å²) in [5, 5.41) is 2.57. The zero-order valence-corrected chi connectivity index (χ0v) is 14.9. The lowest BCUT2D eigenvalue weighted by molar-refractivity contribution is -0.152. The molecule has 0 aliphatic rings.